The first-order chi connectivity index (χ1) is 10.0. The van der Waals surface area contributed by atoms with Gasteiger partial charge < -0.3 is 14.6 Å². The highest BCUT2D eigenvalue weighted by Gasteiger charge is 2.32. The van der Waals surface area contributed by atoms with E-state index in [1.54, 1.807) is 0 Å². The van der Waals surface area contributed by atoms with E-state index in [2.05, 4.69) is 24.7 Å². The van der Waals surface area contributed by atoms with Crippen molar-refractivity contribution in [1.82, 2.24) is 4.90 Å². The Kier molecular flexibility index (Phi) is 6.07. The Labute approximate surface area is 128 Å². The van der Waals surface area contributed by atoms with Gasteiger partial charge in [-0.1, -0.05) is 12.3 Å². The summed E-state index contributed by atoms with van der Waals surface area (Å²) in [5, 5.41) is 10.2. The van der Waals surface area contributed by atoms with Crippen LogP contribution in [0.3, 0.4) is 0 Å². The van der Waals surface area contributed by atoms with Crippen LogP contribution in [0.2, 0.25) is 0 Å². The van der Waals surface area contributed by atoms with Crippen LogP contribution >= 0.6 is 0 Å². The number of morpholine rings is 1. The molecule has 0 bridgehead atoms. The molecular formula is C17H29NO3. The van der Waals surface area contributed by atoms with Crippen LogP contribution in [0.25, 0.3) is 0 Å². The van der Waals surface area contributed by atoms with Gasteiger partial charge in [0.15, 0.2) is 0 Å². The van der Waals surface area contributed by atoms with Crippen molar-refractivity contribution in [3.63, 3.8) is 0 Å². The van der Waals surface area contributed by atoms with E-state index < -0.39 is 11.7 Å². The van der Waals surface area contributed by atoms with E-state index in [4.69, 9.17) is 15.9 Å². The second-order valence-electron chi connectivity index (χ2n) is 6.64. The van der Waals surface area contributed by atoms with Gasteiger partial charge in [0.05, 0.1) is 24.9 Å². The summed E-state index contributed by atoms with van der Waals surface area (Å²) in [5.74, 6) is 2.82. The lowest BCUT2D eigenvalue weighted by atomic mass is 9.85. The highest BCUT2D eigenvalue weighted by molar-refractivity contribution is 5.09. The van der Waals surface area contributed by atoms with Crippen molar-refractivity contribution in [2.75, 3.05) is 26.2 Å². The summed E-state index contributed by atoms with van der Waals surface area (Å²) in [6, 6.07) is 0. The molecule has 1 saturated carbocycles. The predicted octanol–water partition coefficient (Wildman–Crippen LogP) is 1.81. The Morgan fingerprint density at radius 3 is 2.48 bits per heavy atom. The number of nitrogens with zero attached hydrogens (tertiary/aromatic N) is 1. The molecular weight excluding hydrogens is 266 g/mol. The predicted molar refractivity (Wildman–Crippen MR) is 83.1 cm³/mol. The summed E-state index contributed by atoms with van der Waals surface area (Å²) in [5.41, 5.74) is -0.440. The maximum atomic E-state index is 10.2. The number of terminal acetylenes is 1. The van der Waals surface area contributed by atoms with Crippen LogP contribution in [-0.2, 0) is 9.47 Å². The van der Waals surface area contributed by atoms with Crippen LogP contribution in [0.5, 0.6) is 0 Å². The van der Waals surface area contributed by atoms with Crippen molar-refractivity contribution in [3.05, 3.63) is 0 Å². The van der Waals surface area contributed by atoms with E-state index in [-0.39, 0.29) is 12.2 Å². The van der Waals surface area contributed by atoms with Gasteiger partial charge in [0.2, 0.25) is 0 Å². The van der Waals surface area contributed by atoms with Crippen molar-refractivity contribution in [1.29, 1.82) is 0 Å². The van der Waals surface area contributed by atoms with Crippen LogP contribution in [-0.4, -0.2) is 60.2 Å². The lowest BCUT2D eigenvalue weighted by Gasteiger charge is -2.37. The molecule has 1 aliphatic carbocycles. The second kappa shape index (κ2) is 7.60. The lowest BCUT2D eigenvalue weighted by Crippen LogP contribution is -2.49. The standard InChI is InChI=1S/C17H29NO3/c1-4-17(8-6-5-7-9-17)20-13-16(19)12-18-10-14(2)21-15(3)11-18/h1,14-16,19H,5-13H2,2-3H3/t14-,15-,16-/m0/s1. The molecule has 0 aromatic carbocycles. The summed E-state index contributed by atoms with van der Waals surface area (Å²) in [7, 11) is 0. The molecule has 2 rings (SSSR count). The Hall–Kier alpha value is -0.600. The van der Waals surface area contributed by atoms with Crippen molar-refractivity contribution >= 4 is 0 Å². The van der Waals surface area contributed by atoms with E-state index >= 15 is 0 Å². The number of aliphatic hydroxyl groups is 1. The highest BCUT2D eigenvalue weighted by Crippen LogP contribution is 2.31. The third-order valence-electron chi connectivity index (χ3n) is 4.44. The molecule has 0 aromatic heterocycles. The van der Waals surface area contributed by atoms with Crippen molar-refractivity contribution in [2.24, 2.45) is 0 Å². The molecule has 4 heteroatoms. The van der Waals surface area contributed by atoms with Gasteiger partial charge in [0.1, 0.15) is 5.60 Å². The van der Waals surface area contributed by atoms with Gasteiger partial charge in [-0.2, -0.15) is 0 Å². The normalized spacial score (nSPS) is 31.5. The minimum atomic E-state index is -0.491. The third kappa shape index (κ3) is 4.96. The molecule has 21 heavy (non-hydrogen) atoms. The molecule has 1 aliphatic heterocycles. The molecule has 4 nitrogen and oxygen atoms in total. The van der Waals surface area contributed by atoms with Gasteiger partial charge >= 0.3 is 0 Å². The van der Waals surface area contributed by atoms with Gasteiger partial charge in [-0.25, -0.2) is 0 Å². The number of hydrogen-bond donors (Lipinski definition) is 1. The van der Waals surface area contributed by atoms with Gasteiger partial charge in [-0.05, 0) is 39.5 Å². The molecule has 1 heterocycles. The van der Waals surface area contributed by atoms with E-state index in [1.165, 1.54) is 6.42 Å². The van der Waals surface area contributed by atoms with Crippen LogP contribution in [0.15, 0.2) is 0 Å². The number of hydrogen-bond acceptors (Lipinski definition) is 4. The SMILES string of the molecule is C#CC1(OC[C@@H](O)CN2C[C@H](C)O[C@@H](C)C2)CCCCC1. The summed E-state index contributed by atoms with van der Waals surface area (Å²) >= 11 is 0. The molecule has 0 spiro atoms. The average molecular weight is 295 g/mol. The van der Waals surface area contributed by atoms with Crippen LogP contribution < -0.4 is 0 Å². The fourth-order valence-corrected chi connectivity index (χ4v) is 3.49. The fourth-order valence-electron chi connectivity index (χ4n) is 3.49. The first-order valence-electron chi connectivity index (χ1n) is 8.20. The molecule has 2 aliphatic rings. The monoisotopic (exact) mass is 295 g/mol. The van der Waals surface area contributed by atoms with E-state index in [1.807, 2.05) is 0 Å². The number of aliphatic hydroxyl groups excluding tert-OH is 1. The largest absolute Gasteiger partial charge is 0.389 e. The van der Waals surface area contributed by atoms with Gasteiger partial charge in [-0.3, -0.25) is 4.90 Å². The first kappa shape index (κ1) is 16.8. The summed E-state index contributed by atoms with van der Waals surface area (Å²) in [6.07, 6.45) is 10.9. The summed E-state index contributed by atoms with van der Waals surface area (Å²) < 4.78 is 11.6. The van der Waals surface area contributed by atoms with Crippen molar-refractivity contribution in [3.8, 4) is 12.3 Å². The minimum absolute atomic E-state index is 0.220. The fraction of sp³-hybridized carbons (Fsp3) is 0.882. The van der Waals surface area contributed by atoms with E-state index in [9.17, 15) is 5.11 Å². The van der Waals surface area contributed by atoms with E-state index in [0.717, 1.165) is 38.8 Å². The molecule has 3 atom stereocenters. The highest BCUT2D eigenvalue weighted by atomic mass is 16.5. The van der Waals surface area contributed by atoms with Crippen molar-refractivity contribution in [2.45, 2.75) is 69.9 Å². The molecule has 0 radical (unpaired) electrons. The van der Waals surface area contributed by atoms with Gasteiger partial charge in [0.25, 0.3) is 0 Å². The number of ether oxygens (including phenoxy) is 2. The zero-order valence-electron chi connectivity index (χ0n) is 13.4. The third-order valence-corrected chi connectivity index (χ3v) is 4.44. The maximum absolute atomic E-state index is 10.2. The molecule has 120 valence electrons. The lowest BCUT2D eigenvalue weighted by molar-refractivity contribution is -0.0969. The molecule has 0 unspecified atom stereocenters. The maximum Gasteiger partial charge on any atom is 0.128 e. The van der Waals surface area contributed by atoms with Crippen LogP contribution in [0.1, 0.15) is 46.0 Å². The van der Waals surface area contributed by atoms with Gasteiger partial charge in [-0.15, -0.1) is 6.42 Å². The molecule has 0 aromatic rings. The Bertz CT molecular complexity index is 350. The second-order valence-corrected chi connectivity index (χ2v) is 6.64. The summed E-state index contributed by atoms with van der Waals surface area (Å²) in [4.78, 5) is 2.25. The smallest absolute Gasteiger partial charge is 0.128 e. The quantitative estimate of drug-likeness (QED) is 0.786. The van der Waals surface area contributed by atoms with Crippen molar-refractivity contribution < 1.29 is 14.6 Å². The number of β-amino-alcohol motifs (C(OH)–C–C–N with tert-alkyl or cyclic N) is 1. The minimum Gasteiger partial charge on any atom is -0.389 e. The first-order valence-corrected chi connectivity index (χ1v) is 8.20. The van der Waals surface area contributed by atoms with Crippen LogP contribution in [0.4, 0.5) is 0 Å². The molecule has 0 amide bonds. The van der Waals surface area contributed by atoms with Crippen LogP contribution in [0, 0.1) is 12.3 Å². The zero-order valence-corrected chi connectivity index (χ0v) is 13.4. The van der Waals surface area contributed by atoms with E-state index in [0.29, 0.717) is 13.2 Å². The molecule has 1 N–H and O–H groups in total. The average Bonchev–Trinajstić information content (AvgIpc) is 2.45. The van der Waals surface area contributed by atoms with Gasteiger partial charge in [0, 0.05) is 19.6 Å². The summed E-state index contributed by atoms with van der Waals surface area (Å²) in [6.45, 7) is 6.81. The molecule has 1 saturated heterocycles. The topological polar surface area (TPSA) is 41.9 Å². The zero-order chi connectivity index (χ0) is 15.3. The Morgan fingerprint density at radius 2 is 1.90 bits per heavy atom. The molecule has 2 fully saturated rings. The Morgan fingerprint density at radius 1 is 1.29 bits per heavy atom. The number of rotatable bonds is 5. The Balaban J connectivity index is 1.76.